The molecule has 1 saturated carbocycles. The maximum absolute atomic E-state index is 6.48. The van der Waals surface area contributed by atoms with E-state index in [1.807, 2.05) is 18.6 Å². The Hall–Kier alpha value is -2.33. The molecule has 4 aliphatic rings. The van der Waals surface area contributed by atoms with Crippen molar-refractivity contribution in [1.29, 1.82) is 0 Å². The van der Waals surface area contributed by atoms with Gasteiger partial charge in [0.2, 0.25) is 0 Å². The van der Waals surface area contributed by atoms with Crippen LogP contribution in [0.15, 0.2) is 48.9 Å². The predicted molar refractivity (Wildman–Crippen MR) is 102 cm³/mol. The lowest BCUT2D eigenvalue weighted by Gasteiger charge is -2.55. The van der Waals surface area contributed by atoms with E-state index in [0.29, 0.717) is 5.92 Å². The summed E-state index contributed by atoms with van der Waals surface area (Å²) in [5.74, 6) is 3.40. The lowest BCUT2D eigenvalue weighted by Crippen LogP contribution is -2.61. The summed E-state index contributed by atoms with van der Waals surface area (Å²) in [7, 11) is 0. The minimum absolute atomic E-state index is 0.241. The molecule has 0 unspecified atom stereocenters. The van der Waals surface area contributed by atoms with E-state index in [2.05, 4.69) is 45.2 Å². The zero-order chi connectivity index (χ0) is 17.1. The van der Waals surface area contributed by atoms with Crippen LogP contribution in [-0.4, -0.2) is 34.2 Å². The van der Waals surface area contributed by atoms with Gasteiger partial charge in [-0.3, -0.25) is 9.88 Å². The number of aromatic amines is 1. The maximum atomic E-state index is 6.48. The monoisotopic (exact) mass is 345 g/mol. The van der Waals surface area contributed by atoms with Crippen LogP contribution in [0.3, 0.4) is 0 Å². The minimum Gasteiger partial charge on any atom is -0.473 e. The molecule has 0 spiro atoms. The van der Waals surface area contributed by atoms with Crippen molar-refractivity contribution in [2.75, 3.05) is 13.1 Å². The van der Waals surface area contributed by atoms with Crippen LogP contribution in [-0.2, 0) is 0 Å². The Labute approximate surface area is 153 Å². The SMILES string of the molecule is c1cc2ccc(-c3cncc(O[C@H]4C5C[C@@H]6C[C@@H](C5)CN4C6)c3)cc2[nH]1. The number of nitrogens with one attached hydrogen (secondary N) is 1. The summed E-state index contributed by atoms with van der Waals surface area (Å²) in [6, 6.07) is 10.7. The lowest BCUT2D eigenvalue weighted by atomic mass is 9.67. The third kappa shape index (κ3) is 2.36. The van der Waals surface area contributed by atoms with Gasteiger partial charge in [-0.05, 0) is 60.2 Å². The summed E-state index contributed by atoms with van der Waals surface area (Å²) in [4.78, 5) is 10.3. The Kier molecular flexibility index (Phi) is 3.18. The molecule has 26 heavy (non-hydrogen) atoms. The predicted octanol–water partition coefficient (Wildman–Crippen LogP) is 4.30. The van der Waals surface area contributed by atoms with Crippen molar-refractivity contribution in [3.63, 3.8) is 0 Å². The molecule has 5 heterocycles. The molecule has 7 rings (SSSR count). The summed E-state index contributed by atoms with van der Waals surface area (Å²) in [6.07, 6.45) is 10.1. The highest BCUT2D eigenvalue weighted by Crippen LogP contribution is 2.47. The number of H-pyrrole nitrogens is 1. The molecule has 132 valence electrons. The second kappa shape index (κ2) is 5.58. The summed E-state index contributed by atoms with van der Waals surface area (Å²) >= 11 is 0. The molecule has 1 aromatic carbocycles. The van der Waals surface area contributed by atoms with Gasteiger partial charge in [0.25, 0.3) is 0 Å². The second-order valence-electron chi connectivity index (χ2n) is 8.35. The molecule has 1 N–H and O–H groups in total. The molecule has 4 heteroatoms. The van der Waals surface area contributed by atoms with E-state index in [0.717, 1.165) is 28.7 Å². The number of hydrogen-bond acceptors (Lipinski definition) is 3. The van der Waals surface area contributed by atoms with E-state index in [-0.39, 0.29) is 6.23 Å². The molecule has 0 radical (unpaired) electrons. The van der Waals surface area contributed by atoms with E-state index in [9.17, 15) is 0 Å². The van der Waals surface area contributed by atoms with Gasteiger partial charge in [-0.1, -0.05) is 12.1 Å². The number of fused-ring (bicyclic) bond motifs is 1. The number of hydrogen-bond donors (Lipinski definition) is 1. The number of pyridine rings is 1. The Bertz CT molecular complexity index is 935. The standard InChI is InChI=1S/C22H23N3O/c1-2-17(9-21-16(1)3-4-24-21)19-8-20(11-23-10-19)26-22-18-6-14-5-15(7-18)13-25(22)12-14/h1-4,8-11,14-15,18,22,24H,5-7,12-13H2/t14-,15-,22-/m0/s1. The van der Waals surface area contributed by atoms with Crippen molar-refractivity contribution in [3.8, 4) is 16.9 Å². The van der Waals surface area contributed by atoms with Crippen molar-refractivity contribution < 1.29 is 4.74 Å². The number of ether oxygens (including phenoxy) is 1. The van der Waals surface area contributed by atoms with Crippen LogP contribution in [0, 0.1) is 17.8 Å². The average molecular weight is 345 g/mol. The molecular formula is C22H23N3O. The van der Waals surface area contributed by atoms with Crippen molar-refractivity contribution >= 4 is 10.9 Å². The Morgan fingerprint density at radius 2 is 1.85 bits per heavy atom. The molecule has 3 aromatic rings. The van der Waals surface area contributed by atoms with Crippen LogP contribution in [0.1, 0.15) is 19.3 Å². The molecule has 4 bridgehead atoms. The Morgan fingerprint density at radius 1 is 0.962 bits per heavy atom. The molecule has 1 aliphatic carbocycles. The fourth-order valence-corrected chi connectivity index (χ4v) is 5.57. The maximum Gasteiger partial charge on any atom is 0.155 e. The van der Waals surface area contributed by atoms with Gasteiger partial charge in [-0.25, -0.2) is 0 Å². The fraction of sp³-hybridized carbons (Fsp3) is 0.409. The summed E-state index contributed by atoms with van der Waals surface area (Å²) in [5.41, 5.74) is 3.43. The van der Waals surface area contributed by atoms with Gasteiger partial charge < -0.3 is 9.72 Å². The normalized spacial score (nSPS) is 32.2. The van der Waals surface area contributed by atoms with Crippen LogP contribution in [0.4, 0.5) is 0 Å². The van der Waals surface area contributed by atoms with Gasteiger partial charge in [-0.2, -0.15) is 0 Å². The molecule has 0 amide bonds. The Morgan fingerprint density at radius 3 is 2.69 bits per heavy atom. The number of benzene rings is 1. The smallest absolute Gasteiger partial charge is 0.155 e. The average Bonchev–Trinajstić information content (AvgIpc) is 3.12. The van der Waals surface area contributed by atoms with Crippen molar-refractivity contribution in [1.82, 2.24) is 14.9 Å². The first-order valence-corrected chi connectivity index (χ1v) is 9.75. The first-order valence-electron chi connectivity index (χ1n) is 9.75. The summed E-state index contributed by atoms with van der Waals surface area (Å²) in [6.45, 7) is 2.43. The zero-order valence-electron chi connectivity index (χ0n) is 14.8. The van der Waals surface area contributed by atoms with Crippen LogP contribution >= 0.6 is 0 Å². The van der Waals surface area contributed by atoms with E-state index < -0.39 is 0 Å². The summed E-state index contributed by atoms with van der Waals surface area (Å²) < 4.78 is 6.48. The van der Waals surface area contributed by atoms with E-state index in [1.54, 1.807) is 0 Å². The molecule has 2 aromatic heterocycles. The van der Waals surface area contributed by atoms with Crippen LogP contribution in [0.2, 0.25) is 0 Å². The van der Waals surface area contributed by atoms with E-state index in [1.165, 1.54) is 43.3 Å². The highest BCUT2D eigenvalue weighted by atomic mass is 16.5. The van der Waals surface area contributed by atoms with E-state index in [4.69, 9.17) is 4.74 Å². The first kappa shape index (κ1) is 14.8. The third-order valence-electron chi connectivity index (χ3n) is 6.55. The quantitative estimate of drug-likeness (QED) is 0.769. The van der Waals surface area contributed by atoms with Crippen molar-refractivity contribution in [2.24, 2.45) is 17.8 Å². The van der Waals surface area contributed by atoms with Crippen LogP contribution in [0.5, 0.6) is 5.75 Å². The molecule has 3 aliphatic heterocycles. The number of piperidine rings is 3. The molecule has 3 saturated heterocycles. The highest BCUT2D eigenvalue weighted by molar-refractivity contribution is 5.84. The minimum atomic E-state index is 0.241. The van der Waals surface area contributed by atoms with E-state index >= 15 is 0 Å². The molecule has 4 nitrogen and oxygen atoms in total. The highest BCUT2D eigenvalue weighted by Gasteiger charge is 2.48. The van der Waals surface area contributed by atoms with Crippen molar-refractivity contribution in [2.45, 2.75) is 25.5 Å². The molecule has 4 fully saturated rings. The van der Waals surface area contributed by atoms with Crippen LogP contribution in [0.25, 0.3) is 22.0 Å². The van der Waals surface area contributed by atoms with Gasteiger partial charge in [0, 0.05) is 42.5 Å². The van der Waals surface area contributed by atoms with Gasteiger partial charge in [-0.15, -0.1) is 0 Å². The van der Waals surface area contributed by atoms with Gasteiger partial charge in [0.15, 0.2) is 6.23 Å². The topological polar surface area (TPSA) is 41.1 Å². The van der Waals surface area contributed by atoms with Crippen molar-refractivity contribution in [3.05, 3.63) is 48.9 Å². The number of aromatic nitrogens is 2. The number of nitrogens with zero attached hydrogens (tertiary/aromatic N) is 2. The second-order valence-corrected chi connectivity index (χ2v) is 8.35. The molecular weight excluding hydrogens is 322 g/mol. The summed E-state index contributed by atoms with van der Waals surface area (Å²) in [5, 5.41) is 1.23. The van der Waals surface area contributed by atoms with Crippen LogP contribution < -0.4 is 4.74 Å². The first-order chi connectivity index (χ1) is 12.8. The van der Waals surface area contributed by atoms with Gasteiger partial charge >= 0.3 is 0 Å². The van der Waals surface area contributed by atoms with Gasteiger partial charge in [0.1, 0.15) is 5.75 Å². The fourth-order valence-electron chi connectivity index (χ4n) is 5.57. The van der Waals surface area contributed by atoms with Gasteiger partial charge in [0.05, 0.1) is 6.20 Å². The zero-order valence-corrected chi connectivity index (χ0v) is 14.8. The lowest BCUT2D eigenvalue weighted by molar-refractivity contribution is -0.142. The largest absolute Gasteiger partial charge is 0.473 e. The molecule has 3 atom stereocenters. The third-order valence-corrected chi connectivity index (χ3v) is 6.55. The number of rotatable bonds is 3. The Balaban J connectivity index is 1.28.